The molecule has 186 valence electrons. The molecule has 35 heavy (non-hydrogen) atoms. The van der Waals surface area contributed by atoms with Crippen LogP contribution in [0.4, 0.5) is 22.7 Å². The minimum atomic E-state index is -0.420. The van der Waals surface area contributed by atoms with Crippen molar-refractivity contribution in [2.24, 2.45) is 0 Å². The molecule has 12 heteroatoms. The largest absolute Gasteiger partial charge is 0.490 e. The number of ether oxygens (including phenoxy) is 2. The lowest BCUT2D eigenvalue weighted by molar-refractivity contribution is -0.385. The maximum Gasteiger partial charge on any atom is 0.271 e. The van der Waals surface area contributed by atoms with Gasteiger partial charge >= 0.3 is 0 Å². The average molecular weight is 488 g/mol. The van der Waals surface area contributed by atoms with Crippen LogP contribution in [0.5, 0.6) is 11.5 Å². The molecule has 2 N–H and O–H groups in total. The van der Waals surface area contributed by atoms with Gasteiger partial charge < -0.3 is 24.7 Å². The molecule has 0 radical (unpaired) electrons. The molecule has 0 unspecified atom stereocenters. The Morgan fingerprint density at radius 3 is 2.40 bits per heavy atom. The van der Waals surface area contributed by atoms with Crippen molar-refractivity contribution in [1.82, 2.24) is 9.97 Å². The summed E-state index contributed by atoms with van der Waals surface area (Å²) >= 11 is 0. The summed E-state index contributed by atoms with van der Waals surface area (Å²) < 4.78 is 20.8. The Kier molecular flexibility index (Phi) is 7.91. The van der Waals surface area contributed by atoms with Crippen molar-refractivity contribution in [1.29, 1.82) is 0 Å². The SMILES string of the molecule is C=C=C.O=[N+]([O-])c1ccc2c(c1)N(Cc1cnc[nH]1)CCO2.O=[N+]([O-])c1ccc2c(c1)NCCO2.[2HH].[2H][2H]. The van der Waals surface area contributed by atoms with Gasteiger partial charge in [-0.05, 0) is 12.1 Å². The summed E-state index contributed by atoms with van der Waals surface area (Å²) in [6.07, 6.45) is 3.36. The van der Waals surface area contributed by atoms with Crippen molar-refractivity contribution in [2.75, 3.05) is 36.5 Å². The second kappa shape index (κ2) is 11.9. The highest BCUT2D eigenvalue weighted by Gasteiger charge is 2.21. The van der Waals surface area contributed by atoms with Crippen LogP contribution in [0, 0.1) is 20.2 Å². The molecule has 12 nitrogen and oxygen atoms in total. The highest BCUT2D eigenvalue weighted by Crippen LogP contribution is 2.35. The average Bonchev–Trinajstić information content (AvgIpc) is 3.43. The van der Waals surface area contributed by atoms with Gasteiger partial charge in [0, 0.05) is 41.4 Å². The molecule has 1 aromatic heterocycles. The molecule has 0 atom stereocenters. The van der Waals surface area contributed by atoms with Crippen LogP contribution < -0.4 is 19.7 Å². The third kappa shape index (κ3) is 6.59. The third-order valence-electron chi connectivity index (χ3n) is 4.88. The van der Waals surface area contributed by atoms with Gasteiger partial charge in [-0.3, -0.25) is 20.2 Å². The molecule has 5 rings (SSSR count). The number of nitro benzene ring substituents is 2. The lowest BCUT2D eigenvalue weighted by Crippen LogP contribution is -2.32. The van der Waals surface area contributed by atoms with Crippen molar-refractivity contribution in [3.05, 3.63) is 93.7 Å². The summed E-state index contributed by atoms with van der Waals surface area (Å²) in [6, 6.07) is 9.18. The fraction of sp³-hybridized carbons (Fsp3) is 0.217. The quantitative estimate of drug-likeness (QED) is 0.307. The Balaban J connectivity index is 0.000000333. The van der Waals surface area contributed by atoms with Crippen LogP contribution in [0.3, 0.4) is 0 Å². The number of fused-ring (bicyclic) bond motifs is 2. The molecule has 3 aromatic rings. The van der Waals surface area contributed by atoms with Crippen molar-refractivity contribution < 1.29 is 23.7 Å². The van der Waals surface area contributed by atoms with E-state index >= 15 is 0 Å². The monoisotopic (exact) mass is 487 g/mol. The van der Waals surface area contributed by atoms with E-state index in [-0.39, 0.29) is 12.8 Å². The number of H-pyrrole nitrogens is 1. The van der Waals surface area contributed by atoms with E-state index in [0.717, 1.165) is 11.4 Å². The predicted molar refractivity (Wildman–Crippen MR) is 134 cm³/mol. The van der Waals surface area contributed by atoms with Gasteiger partial charge in [-0.1, -0.05) is 13.2 Å². The molecule has 0 saturated carbocycles. The first-order valence-corrected chi connectivity index (χ1v) is 10.5. The number of nitrogens with zero attached hydrogens (tertiary/aromatic N) is 4. The van der Waals surface area contributed by atoms with E-state index in [1.807, 2.05) is 4.90 Å². The second-order valence-corrected chi connectivity index (χ2v) is 7.22. The van der Waals surface area contributed by atoms with Gasteiger partial charge in [0.15, 0.2) is 0 Å². The highest BCUT2D eigenvalue weighted by molar-refractivity contribution is 5.64. The maximum absolute atomic E-state index is 10.8. The Morgan fingerprint density at radius 2 is 1.74 bits per heavy atom. The van der Waals surface area contributed by atoms with Gasteiger partial charge in [0.05, 0.1) is 46.3 Å². The van der Waals surface area contributed by atoms with Crippen molar-refractivity contribution >= 4 is 22.7 Å². The molecule has 0 bridgehead atoms. The second-order valence-electron chi connectivity index (χ2n) is 7.22. The summed E-state index contributed by atoms with van der Waals surface area (Å²) in [6.45, 7) is 9.42. The van der Waals surface area contributed by atoms with Gasteiger partial charge in [-0.25, -0.2) is 4.98 Å². The molecule has 2 aliphatic rings. The molecule has 0 saturated heterocycles. The standard InChI is InChI=1S/C12H12N4O3.C8H8N2O3.C3H4.2H2/c17-16(18)10-1-2-12-11(5-10)15(3-4-19-12)7-9-6-13-8-14-9;11-10(12)6-1-2-8-7(5-6)9-3-4-13-8;1-3-2;;/h1-2,5-6,8H,3-4,7H2,(H,13,14);1-2,5,9H,3-4H2;1-2H2;2*1H/i;;;1+1D;1+1. The predicted octanol–water partition coefficient (Wildman–Crippen LogP) is 4.57. The Bertz CT molecular complexity index is 1220. The summed E-state index contributed by atoms with van der Waals surface area (Å²) in [5.74, 6) is 1.35. The van der Waals surface area contributed by atoms with Crippen LogP contribution in [0.15, 0.2) is 67.8 Å². The van der Waals surface area contributed by atoms with Gasteiger partial charge in [-0.2, -0.15) is 0 Å². The fourth-order valence-electron chi connectivity index (χ4n) is 3.36. The molecule has 0 fully saturated rings. The number of aromatic amines is 1. The normalized spacial score (nSPS) is 13.1. The van der Waals surface area contributed by atoms with E-state index < -0.39 is 9.85 Å². The number of hydrogen-bond acceptors (Lipinski definition) is 9. The minimum absolute atomic E-state index is 0. The van der Waals surface area contributed by atoms with E-state index in [1.165, 1.54) is 18.2 Å². The molecule has 0 spiro atoms. The summed E-state index contributed by atoms with van der Waals surface area (Å²) in [4.78, 5) is 29.5. The van der Waals surface area contributed by atoms with Gasteiger partial charge in [-0.15, -0.1) is 5.73 Å². The van der Waals surface area contributed by atoms with Crippen molar-refractivity contribution in [2.45, 2.75) is 6.54 Å². The first kappa shape index (κ1) is 23.3. The lowest BCUT2D eigenvalue weighted by atomic mass is 10.2. The van der Waals surface area contributed by atoms with E-state index in [9.17, 15) is 20.2 Å². The van der Waals surface area contributed by atoms with Gasteiger partial charge in [0.1, 0.15) is 24.7 Å². The fourth-order valence-corrected chi connectivity index (χ4v) is 3.36. The molecule has 2 aliphatic heterocycles. The number of nitrogens with one attached hydrogen (secondary N) is 2. The van der Waals surface area contributed by atoms with Gasteiger partial charge in [0.2, 0.25) is 0 Å². The van der Waals surface area contributed by atoms with Gasteiger partial charge in [0.25, 0.3) is 11.4 Å². The Labute approximate surface area is 205 Å². The molecule has 3 heterocycles. The number of imidazole rings is 1. The number of aromatic nitrogens is 2. The van der Waals surface area contributed by atoms with Crippen LogP contribution in [0.1, 0.15) is 10.1 Å². The smallest absolute Gasteiger partial charge is 0.271 e. The van der Waals surface area contributed by atoms with E-state index in [1.54, 1.807) is 30.7 Å². The first-order chi connectivity index (χ1) is 17.9. The first-order valence-electron chi connectivity index (χ1n) is 11.5. The zero-order valence-corrected chi connectivity index (χ0v) is 18.8. The minimum Gasteiger partial charge on any atom is -0.490 e. The molecule has 2 aromatic carbocycles. The summed E-state index contributed by atoms with van der Waals surface area (Å²) in [5.41, 5.74) is 4.80. The number of anilines is 2. The highest BCUT2D eigenvalue weighted by atomic mass is 16.6. The maximum atomic E-state index is 10.8. The van der Waals surface area contributed by atoms with Crippen LogP contribution in [0.2, 0.25) is 0 Å². The summed E-state index contributed by atoms with van der Waals surface area (Å²) in [5, 5.41) is 24.3. The van der Waals surface area contributed by atoms with Crippen LogP contribution in [-0.2, 0) is 6.54 Å². The molecular formula is C23H28N6O6. The van der Waals surface area contributed by atoms with E-state index in [4.69, 9.17) is 12.4 Å². The number of nitro groups is 2. The number of rotatable bonds is 4. The summed E-state index contributed by atoms with van der Waals surface area (Å²) in [7, 11) is 0. The van der Waals surface area contributed by atoms with Crippen molar-refractivity contribution in [3.63, 3.8) is 0 Å². The Morgan fingerprint density at radius 1 is 1.09 bits per heavy atom. The van der Waals surface area contributed by atoms with Crippen LogP contribution in [0.25, 0.3) is 0 Å². The molecule has 0 aliphatic carbocycles. The van der Waals surface area contributed by atoms with E-state index in [2.05, 4.69) is 34.2 Å². The number of benzene rings is 2. The van der Waals surface area contributed by atoms with E-state index in [0.29, 0.717) is 50.0 Å². The Hall–Kier alpha value is -4.83. The third-order valence-corrected chi connectivity index (χ3v) is 4.88. The zero-order chi connectivity index (χ0) is 27.2. The lowest BCUT2D eigenvalue weighted by Gasteiger charge is -2.30. The van der Waals surface area contributed by atoms with Crippen LogP contribution in [-0.4, -0.2) is 46.1 Å². The number of hydrogen-bond donors (Lipinski definition) is 2. The van der Waals surface area contributed by atoms with Crippen LogP contribution >= 0.6 is 0 Å². The molecular weight excluding hydrogens is 456 g/mol. The van der Waals surface area contributed by atoms with Crippen molar-refractivity contribution in [3.8, 4) is 11.5 Å². The number of non-ortho nitro benzene ring substituents is 2. The zero-order valence-electron chi connectivity index (χ0n) is 20.8. The topological polar surface area (TPSA) is 149 Å². The molecule has 0 amide bonds.